The number of nitro groups is 1. The molecule has 0 N–H and O–H groups in total. The first-order valence-electron chi connectivity index (χ1n) is 5.44. The zero-order chi connectivity index (χ0) is 12.0. The lowest BCUT2D eigenvalue weighted by Crippen LogP contribution is -2.21. The van der Waals surface area contributed by atoms with Crippen LogP contribution in [0, 0.1) is 17.0 Å². The quantitative estimate of drug-likeness (QED) is 0.547. The minimum atomic E-state index is -0.262. The largest absolute Gasteiger partial charge is 0.302 e. The smallest absolute Gasteiger partial charge is 0.205 e. The van der Waals surface area contributed by atoms with Crippen LogP contribution >= 0.6 is 0 Å². The SMILES string of the molecule is Cc1ccccc1CN(C)CCC[N+](=O)[O-]. The number of hydrogen-bond acceptors (Lipinski definition) is 3. The van der Waals surface area contributed by atoms with E-state index in [0.29, 0.717) is 6.42 Å². The van der Waals surface area contributed by atoms with Crippen molar-refractivity contribution in [2.45, 2.75) is 19.9 Å². The van der Waals surface area contributed by atoms with Gasteiger partial charge in [0.25, 0.3) is 0 Å². The number of aryl methyl sites for hydroxylation is 1. The molecule has 0 saturated carbocycles. The van der Waals surface area contributed by atoms with Crippen molar-refractivity contribution in [3.63, 3.8) is 0 Å². The van der Waals surface area contributed by atoms with Crippen molar-refractivity contribution in [1.82, 2.24) is 4.90 Å². The summed E-state index contributed by atoms with van der Waals surface area (Å²) in [7, 11) is 1.99. The Morgan fingerprint density at radius 2 is 2.06 bits per heavy atom. The van der Waals surface area contributed by atoms with Gasteiger partial charge in [-0.05, 0) is 25.1 Å². The molecule has 4 nitrogen and oxygen atoms in total. The maximum absolute atomic E-state index is 10.2. The number of nitrogens with zero attached hydrogens (tertiary/aromatic N) is 2. The molecule has 0 aliphatic heterocycles. The lowest BCUT2D eigenvalue weighted by Gasteiger charge is -2.16. The third kappa shape index (κ3) is 4.40. The molecule has 0 aliphatic rings. The highest BCUT2D eigenvalue weighted by Gasteiger charge is 2.04. The van der Waals surface area contributed by atoms with Gasteiger partial charge in [-0.1, -0.05) is 24.3 Å². The summed E-state index contributed by atoms with van der Waals surface area (Å²) in [5, 5.41) is 10.2. The van der Waals surface area contributed by atoms with Gasteiger partial charge in [0.1, 0.15) is 0 Å². The predicted molar refractivity (Wildman–Crippen MR) is 64.0 cm³/mol. The van der Waals surface area contributed by atoms with Crippen LogP contribution < -0.4 is 0 Å². The van der Waals surface area contributed by atoms with Crippen LogP contribution in [0.5, 0.6) is 0 Å². The average molecular weight is 222 g/mol. The highest BCUT2D eigenvalue weighted by Crippen LogP contribution is 2.09. The fraction of sp³-hybridized carbons (Fsp3) is 0.500. The van der Waals surface area contributed by atoms with Crippen molar-refractivity contribution >= 4 is 0 Å². The highest BCUT2D eigenvalue weighted by molar-refractivity contribution is 5.25. The molecule has 0 amide bonds. The molecule has 0 saturated heterocycles. The average Bonchev–Trinajstić information content (AvgIpc) is 2.21. The van der Waals surface area contributed by atoms with Gasteiger partial charge in [-0.3, -0.25) is 10.1 Å². The lowest BCUT2D eigenvalue weighted by molar-refractivity contribution is -0.480. The van der Waals surface area contributed by atoms with Gasteiger partial charge in [0, 0.05) is 24.4 Å². The minimum Gasteiger partial charge on any atom is -0.302 e. The van der Waals surface area contributed by atoms with E-state index in [1.165, 1.54) is 11.1 Å². The van der Waals surface area contributed by atoms with E-state index < -0.39 is 0 Å². The molecule has 0 heterocycles. The molecule has 0 radical (unpaired) electrons. The first-order valence-corrected chi connectivity index (χ1v) is 5.44. The number of rotatable bonds is 6. The predicted octanol–water partition coefficient (Wildman–Crippen LogP) is 2.09. The van der Waals surface area contributed by atoms with Gasteiger partial charge >= 0.3 is 0 Å². The molecule has 16 heavy (non-hydrogen) atoms. The summed E-state index contributed by atoms with van der Waals surface area (Å²) in [6.45, 7) is 3.75. The van der Waals surface area contributed by atoms with Crippen molar-refractivity contribution < 1.29 is 4.92 Å². The van der Waals surface area contributed by atoms with E-state index in [9.17, 15) is 10.1 Å². The van der Waals surface area contributed by atoms with Crippen LogP contribution in [-0.2, 0) is 6.54 Å². The minimum absolute atomic E-state index is 0.0537. The van der Waals surface area contributed by atoms with Crippen molar-refractivity contribution in [3.8, 4) is 0 Å². The van der Waals surface area contributed by atoms with Gasteiger partial charge in [0.15, 0.2) is 0 Å². The summed E-state index contributed by atoms with van der Waals surface area (Å²) in [5.41, 5.74) is 2.55. The molecule has 0 aromatic heterocycles. The Hall–Kier alpha value is -1.42. The van der Waals surface area contributed by atoms with E-state index in [1.807, 2.05) is 19.2 Å². The Morgan fingerprint density at radius 1 is 1.38 bits per heavy atom. The Morgan fingerprint density at radius 3 is 2.69 bits per heavy atom. The summed E-state index contributed by atoms with van der Waals surface area (Å²) in [6, 6.07) is 8.22. The lowest BCUT2D eigenvalue weighted by atomic mass is 10.1. The van der Waals surface area contributed by atoms with Gasteiger partial charge in [-0.15, -0.1) is 0 Å². The molecule has 1 aromatic carbocycles. The van der Waals surface area contributed by atoms with Crippen molar-refractivity contribution in [1.29, 1.82) is 0 Å². The van der Waals surface area contributed by atoms with Gasteiger partial charge in [0.2, 0.25) is 6.54 Å². The summed E-state index contributed by atoms with van der Waals surface area (Å²) >= 11 is 0. The van der Waals surface area contributed by atoms with Gasteiger partial charge in [-0.2, -0.15) is 0 Å². The standard InChI is InChI=1S/C12H18N2O2/c1-11-6-3-4-7-12(11)10-13(2)8-5-9-14(15)16/h3-4,6-7H,5,8-10H2,1-2H3. The normalized spacial score (nSPS) is 10.7. The van der Waals surface area contributed by atoms with E-state index in [1.54, 1.807) is 0 Å². The molecule has 0 aliphatic carbocycles. The molecular formula is C12H18N2O2. The van der Waals surface area contributed by atoms with Crippen LogP contribution in [0.15, 0.2) is 24.3 Å². The summed E-state index contributed by atoms with van der Waals surface area (Å²) in [5.74, 6) is 0. The Labute approximate surface area is 96.0 Å². The third-order valence-electron chi connectivity index (χ3n) is 2.58. The van der Waals surface area contributed by atoms with Crippen LogP contribution in [0.2, 0.25) is 0 Å². The Bertz CT molecular complexity index is 353. The molecule has 1 rings (SSSR count). The van der Waals surface area contributed by atoms with Crippen LogP contribution in [0.3, 0.4) is 0 Å². The molecule has 88 valence electrons. The zero-order valence-corrected chi connectivity index (χ0v) is 9.85. The molecule has 0 spiro atoms. The van der Waals surface area contributed by atoms with Crippen molar-refractivity contribution in [2.75, 3.05) is 20.1 Å². The Balaban J connectivity index is 2.37. The molecule has 4 heteroatoms. The van der Waals surface area contributed by atoms with E-state index in [4.69, 9.17) is 0 Å². The fourth-order valence-corrected chi connectivity index (χ4v) is 1.63. The van der Waals surface area contributed by atoms with Crippen molar-refractivity contribution in [3.05, 3.63) is 45.5 Å². The van der Waals surface area contributed by atoms with E-state index in [0.717, 1.165) is 13.1 Å². The second kappa shape index (κ2) is 6.23. The molecular weight excluding hydrogens is 204 g/mol. The topological polar surface area (TPSA) is 46.4 Å². The monoisotopic (exact) mass is 222 g/mol. The van der Waals surface area contributed by atoms with Crippen LogP contribution in [0.25, 0.3) is 0 Å². The number of hydrogen-bond donors (Lipinski definition) is 0. The van der Waals surface area contributed by atoms with Gasteiger partial charge in [-0.25, -0.2) is 0 Å². The van der Waals surface area contributed by atoms with Crippen molar-refractivity contribution in [2.24, 2.45) is 0 Å². The highest BCUT2D eigenvalue weighted by atomic mass is 16.6. The first-order chi connectivity index (χ1) is 7.59. The molecule has 0 unspecified atom stereocenters. The van der Waals surface area contributed by atoms with Crippen LogP contribution in [0.1, 0.15) is 17.5 Å². The number of benzene rings is 1. The second-order valence-corrected chi connectivity index (χ2v) is 4.07. The first kappa shape index (κ1) is 12.6. The summed E-state index contributed by atoms with van der Waals surface area (Å²) in [6.07, 6.45) is 0.607. The molecule has 0 atom stereocenters. The maximum Gasteiger partial charge on any atom is 0.205 e. The molecule has 1 aromatic rings. The van der Waals surface area contributed by atoms with Gasteiger partial charge < -0.3 is 4.90 Å². The van der Waals surface area contributed by atoms with Crippen LogP contribution in [0.4, 0.5) is 0 Å². The second-order valence-electron chi connectivity index (χ2n) is 4.07. The van der Waals surface area contributed by atoms with Crippen LogP contribution in [-0.4, -0.2) is 30.0 Å². The summed E-state index contributed by atoms with van der Waals surface area (Å²) in [4.78, 5) is 12.0. The zero-order valence-electron chi connectivity index (χ0n) is 9.85. The third-order valence-corrected chi connectivity index (χ3v) is 2.58. The van der Waals surface area contributed by atoms with Gasteiger partial charge in [0.05, 0.1) is 0 Å². The van der Waals surface area contributed by atoms with E-state index >= 15 is 0 Å². The fourth-order valence-electron chi connectivity index (χ4n) is 1.63. The maximum atomic E-state index is 10.2. The Kier molecular flexibility index (Phi) is 4.92. The molecule has 0 fully saturated rings. The van der Waals surface area contributed by atoms with E-state index in [2.05, 4.69) is 24.0 Å². The molecule has 0 bridgehead atoms. The van der Waals surface area contributed by atoms with E-state index in [-0.39, 0.29) is 11.5 Å². The summed E-state index contributed by atoms with van der Waals surface area (Å²) < 4.78 is 0.